The molecule has 0 aromatic heterocycles. The van der Waals surface area contributed by atoms with Crippen LogP contribution in [0.2, 0.25) is 10.0 Å². The minimum Gasteiger partial charge on any atom is -0.489 e. The molecule has 0 radical (unpaired) electrons. The standard InChI is InChI=1S/C13H9Cl2IO/c14-11-6-10(7-12(15)13(11)16)17-8-9-4-2-1-3-5-9/h1-7H,8H2. The number of benzene rings is 2. The van der Waals surface area contributed by atoms with E-state index in [-0.39, 0.29) is 0 Å². The Bertz CT molecular complexity index is 491. The zero-order valence-corrected chi connectivity index (χ0v) is 12.5. The van der Waals surface area contributed by atoms with Crippen LogP contribution in [0.5, 0.6) is 5.75 Å². The van der Waals surface area contributed by atoms with E-state index in [4.69, 9.17) is 27.9 Å². The Hall–Kier alpha value is -0.450. The van der Waals surface area contributed by atoms with Crippen LogP contribution in [-0.2, 0) is 6.61 Å². The molecule has 0 fully saturated rings. The van der Waals surface area contributed by atoms with Crippen molar-refractivity contribution in [2.75, 3.05) is 0 Å². The topological polar surface area (TPSA) is 9.23 Å². The Morgan fingerprint density at radius 1 is 1.00 bits per heavy atom. The van der Waals surface area contributed by atoms with Crippen molar-refractivity contribution >= 4 is 45.8 Å². The molecule has 2 aromatic carbocycles. The van der Waals surface area contributed by atoms with Gasteiger partial charge in [-0.2, -0.15) is 0 Å². The smallest absolute Gasteiger partial charge is 0.122 e. The molecule has 88 valence electrons. The van der Waals surface area contributed by atoms with E-state index in [1.165, 1.54) is 0 Å². The van der Waals surface area contributed by atoms with Gasteiger partial charge in [0.25, 0.3) is 0 Å². The SMILES string of the molecule is Clc1cc(OCc2ccccc2)cc(Cl)c1I. The maximum atomic E-state index is 6.03. The van der Waals surface area contributed by atoms with Gasteiger partial charge < -0.3 is 4.74 Å². The van der Waals surface area contributed by atoms with Gasteiger partial charge in [0.1, 0.15) is 12.4 Å². The molecular weight excluding hydrogens is 370 g/mol. The molecule has 0 aliphatic carbocycles. The van der Waals surface area contributed by atoms with Crippen LogP contribution in [0.15, 0.2) is 42.5 Å². The van der Waals surface area contributed by atoms with Crippen molar-refractivity contribution in [2.24, 2.45) is 0 Å². The van der Waals surface area contributed by atoms with Crippen LogP contribution in [0.4, 0.5) is 0 Å². The summed E-state index contributed by atoms with van der Waals surface area (Å²) >= 11 is 14.2. The molecule has 2 aromatic rings. The van der Waals surface area contributed by atoms with E-state index in [0.29, 0.717) is 22.4 Å². The van der Waals surface area contributed by atoms with Crippen molar-refractivity contribution < 1.29 is 4.74 Å². The summed E-state index contributed by atoms with van der Waals surface area (Å²) in [5, 5.41) is 1.22. The largest absolute Gasteiger partial charge is 0.489 e. The number of rotatable bonds is 3. The average Bonchev–Trinajstić information content (AvgIpc) is 2.34. The Morgan fingerprint density at radius 2 is 1.59 bits per heavy atom. The molecule has 0 amide bonds. The van der Waals surface area contributed by atoms with Crippen molar-refractivity contribution in [3.63, 3.8) is 0 Å². The van der Waals surface area contributed by atoms with E-state index in [9.17, 15) is 0 Å². The van der Waals surface area contributed by atoms with Gasteiger partial charge in [0.2, 0.25) is 0 Å². The molecule has 0 saturated carbocycles. The van der Waals surface area contributed by atoms with Crippen LogP contribution in [0, 0.1) is 3.57 Å². The molecule has 1 nitrogen and oxygen atoms in total. The normalized spacial score (nSPS) is 10.3. The highest BCUT2D eigenvalue weighted by atomic mass is 127. The van der Waals surface area contributed by atoms with Crippen LogP contribution in [-0.4, -0.2) is 0 Å². The fourth-order valence-electron chi connectivity index (χ4n) is 1.36. The molecule has 17 heavy (non-hydrogen) atoms. The highest BCUT2D eigenvalue weighted by molar-refractivity contribution is 14.1. The van der Waals surface area contributed by atoms with Gasteiger partial charge in [0.05, 0.1) is 13.6 Å². The molecule has 0 heterocycles. The van der Waals surface area contributed by atoms with Gasteiger partial charge in [-0.25, -0.2) is 0 Å². The van der Waals surface area contributed by atoms with E-state index in [2.05, 4.69) is 22.6 Å². The predicted octanol–water partition coefficient (Wildman–Crippen LogP) is 5.18. The quantitative estimate of drug-likeness (QED) is 0.528. The molecule has 0 saturated heterocycles. The first-order valence-corrected chi connectivity index (χ1v) is 6.81. The Balaban J connectivity index is 2.10. The Labute approximate surface area is 124 Å². The summed E-state index contributed by atoms with van der Waals surface area (Å²) in [4.78, 5) is 0. The number of hydrogen-bond donors (Lipinski definition) is 0. The van der Waals surface area contributed by atoms with Gasteiger partial charge in [0, 0.05) is 0 Å². The third-order valence-corrected chi connectivity index (χ3v) is 4.60. The number of ether oxygens (including phenoxy) is 1. The molecule has 2 rings (SSSR count). The van der Waals surface area contributed by atoms with Gasteiger partial charge in [-0.15, -0.1) is 0 Å². The van der Waals surface area contributed by atoms with Crippen LogP contribution in [0.1, 0.15) is 5.56 Å². The van der Waals surface area contributed by atoms with Crippen molar-refractivity contribution in [1.82, 2.24) is 0 Å². The molecular formula is C13H9Cl2IO. The highest BCUT2D eigenvalue weighted by Crippen LogP contribution is 2.31. The molecule has 0 aliphatic heterocycles. The lowest BCUT2D eigenvalue weighted by Crippen LogP contribution is -1.95. The molecule has 0 spiro atoms. The Kier molecular flexibility index (Phi) is 4.54. The van der Waals surface area contributed by atoms with Crippen molar-refractivity contribution in [3.8, 4) is 5.75 Å². The minimum atomic E-state index is 0.508. The molecule has 0 atom stereocenters. The molecule has 0 aliphatic rings. The summed E-state index contributed by atoms with van der Waals surface area (Å²) in [6, 6.07) is 13.5. The van der Waals surface area contributed by atoms with Gasteiger partial charge >= 0.3 is 0 Å². The zero-order valence-electron chi connectivity index (χ0n) is 8.79. The molecule has 4 heteroatoms. The number of hydrogen-bond acceptors (Lipinski definition) is 1. The molecule has 0 unspecified atom stereocenters. The summed E-state index contributed by atoms with van der Waals surface area (Å²) in [5.41, 5.74) is 1.11. The third kappa shape index (κ3) is 3.50. The monoisotopic (exact) mass is 378 g/mol. The summed E-state index contributed by atoms with van der Waals surface area (Å²) in [6.45, 7) is 0.508. The fourth-order valence-corrected chi connectivity index (χ4v) is 2.13. The van der Waals surface area contributed by atoms with E-state index in [0.717, 1.165) is 9.13 Å². The first-order chi connectivity index (χ1) is 8.16. The summed E-state index contributed by atoms with van der Waals surface area (Å²) in [5.74, 6) is 0.685. The molecule has 0 bridgehead atoms. The van der Waals surface area contributed by atoms with Crippen LogP contribution >= 0.6 is 45.8 Å². The first kappa shape index (κ1) is 13.0. The zero-order chi connectivity index (χ0) is 12.3. The van der Waals surface area contributed by atoms with Crippen molar-refractivity contribution in [1.29, 1.82) is 0 Å². The van der Waals surface area contributed by atoms with Gasteiger partial charge in [-0.3, -0.25) is 0 Å². The van der Waals surface area contributed by atoms with E-state index in [1.54, 1.807) is 12.1 Å². The van der Waals surface area contributed by atoms with Crippen LogP contribution in [0.25, 0.3) is 0 Å². The second-order valence-corrected chi connectivity index (χ2v) is 5.37. The van der Waals surface area contributed by atoms with Crippen molar-refractivity contribution in [2.45, 2.75) is 6.61 Å². The number of halogens is 3. The highest BCUT2D eigenvalue weighted by Gasteiger charge is 2.06. The van der Waals surface area contributed by atoms with Crippen molar-refractivity contribution in [3.05, 3.63) is 61.6 Å². The fraction of sp³-hybridized carbons (Fsp3) is 0.0769. The lowest BCUT2D eigenvalue weighted by atomic mass is 10.2. The maximum Gasteiger partial charge on any atom is 0.122 e. The van der Waals surface area contributed by atoms with Crippen LogP contribution < -0.4 is 4.74 Å². The lowest BCUT2D eigenvalue weighted by molar-refractivity contribution is 0.306. The van der Waals surface area contributed by atoms with Crippen LogP contribution in [0.3, 0.4) is 0 Å². The van der Waals surface area contributed by atoms with E-state index < -0.39 is 0 Å². The van der Waals surface area contributed by atoms with Gasteiger partial charge in [0.15, 0.2) is 0 Å². The summed E-state index contributed by atoms with van der Waals surface area (Å²) in [6.07, 6.45) is 0. The lowest BCUT2D eigenvalue weighted by Gasteiger charge is -2.08. The second-order valence-electron chi connectivity index (χ2n) is 3.48. The average molecular weight is 379 g/mol. The third-order valence-electron chi connectivity index (χ3n) is 2.21. The summed E-state index contributed by atoms with van der Waals surface area (Å²) < 4.78 is 6.48. The van der Waals surface area contributed by atoms with E-state index in [1.807, 2.05) is 30.3 Å². The van der Waals surface area contributed by atoms with E-state index >= 15 is 0 Å². The van der Waals surface area contributed by atoms with Gasteiger partial charge in [-0.1, -0.05) is 53.5 Å². The molecule has 0 N–H and O–H groups in total. The second kappa shape index (κ2) is 5.94. The summed E-state index contributed by atoms with van der Waals surface area (Å²) in [7, 11) is 0. The minimum absolute atomic E-state index is 0.508. The predicted molar refractivity (Wildman–Crippen MR) is 80.0 cm³/mol. The maximum absolute atomic E-state index is 6.03. The van der Waals surface area contributed by atoms with Gasteiger partial charge in [-0.05, 0) is 40.3 Å². The Morgan fingerprint density at radius 3 is 2.18 bits per heavy atom. The first-order valence-electron chi connectivity index (χ1n) is 4.98.